The summed E-state index contributed by atoms with van der Waals surface area (Å²) in [7, 11) is 0. The molecule has 0 fully saturated rings. The second-order valence-electron chi connectivity index (χ2n) is 1.85. The molecular weight excluding hydrogens is 198 g/mol. The first-order valence-electron chi connectivity index (χ1n) is 2.83. The van der Waals surface area contributed by atoms with Crippen molar-refractivity contribution in [3.8, 4) is 0 Å². The van der Waals surface area contributed by atoms with Crippen molar-refractivity contribution in [2.75, 3.05) is 12.3 Å². The van der Waals surface area contributed by atoms with E-state index < -0.39 is 0 Å². The molecular formula is C5H8BrN3O. The zero-order valence-corrected chi connectivity index (χ0v) is 6.87. The molecule has 0 aliphatic heterocycles. The summed E-state index contributed by atoms with van der Waals surface area (Å²) in [4.78, 5) is 0. The molecule has 56 valence electrons. The van der Waals surface area contributed by atoms with Crippen LogP contribution in [0, 0.1) is 0 Å². The topological polar surface area (TPSA) is 64.1 Å². The van der Waals surface area contributed by atoms with Crippen LogP contribution in [0.25, 0.3) is 0 Å². The van der Waals surface area contributed by atoms with E-state index in [1.165, 1.54) is 0 Å². The van der Waals surface area contributed by atoms with Gasteiger partial charge in [-0.25, -0.2) is 0 Å². The first-order chi connectivity index (χ1) is 4.74. The molecule has 3 N–H and O–H groups in total. The average Bonchev–Trinajstić information content (AvgIpc) is 2.14. The molecule has 0 amide bonds. The average molecular weight is 206 g/mol. The van der Waals surface area contributed by atoms with Gasteiger partial charge in [-0.1, -0.05) is 0 Å². The lowest BCUT2D eigenvalue weighted by Crippen LogP contribution is -2.02. The molecule has 1 rings (SSSR count). The maximum Gasteiger partial charge on any atom is 0.159 e. The Morgan fingerprint density at radius 3 is 2.90 bits per heavy atom. The van der Waals surface area contributed by atoms with Gasteiger partial charge in [0.25, 0.3) is 0 Å². The minimum Gasteiger partial charge on any atom is -0.394 e. The summed E-state index contributed by atoms with van der Waals surface area (Å²) in [5.74, 6) is 0.452. The summed E-state index contributed by atoms with van der Waals surface area (Å²) in [6.07, 6.45) is 1.73. The van der Waals surface area contributed by atoms with Gasteiger partial charge in [0.1, 0.15) is 0 Å². The zero-order chi connectivity index (χ0) is 7.56. The summed E-state index contributed by atoms with van der Waals surface area (Å²) in [5, 5.41) is 12.4. The number of hydrogen-bond donors (Lipinski definition) is 2. The van der Waals surface area contributed by atoms with Crippen molar-refractivity contribution in [1.29, 1.82) is 0 Å². The molecule has 0 aliphatic rings. The highest BCUT2D eigenvalue weighted by Gasteiger charge is 1.99. The van der Waals surface area contributed by atoms with Crippen LogP contribution in [0.1, 0.15) is 0 Å². The van der Waals surface area contributed by atoms with Gasteiger partial charge in [0, 0.05) is 6.20 Å². The van der Waals surface area contributed by atoms with Crippen molar-refractivity contribution in [2.45, 2.75) is 6.54 Å². The number of aromatic nitrogens is 2. The van der Waals surface area contributed by atoms with Gasteiger partial charge >= 0.3 is 0 Å². The number of halogens is 1. The third kappa shape index (κ3) is 1.48. The molecule has 0 spiro atoms. The van der Waals surface area contributed by atoms with Gasteiger partial charge in [-0.2, -0.15) is 5.10 Å². The summed E-state index contributed by atoms with van der Waals surface area (Å²) < 4.78 is 2.35. The minimum absolute atomic E-state index is 0.0769. The molecule has 0 bridgehead atoms. The fourth-order valence-corrected chi connectivity index (χ4v) is 0.945. The lowest BCUT2D eigenvalue weighted by Gasteiger charge is -1.92. The number of rotatable bonds is 2. The molecule has 0 aliphatic carbocycles. The second kappa shape index (κ2) is 3.03. The van der Waals surface area contributed by atoms with Crippen LogP contribution in [0.5, 0.6) is 0 Å². The van der Waals surface area contributed by atoms with Gasteiger partial charge in [-0.15, -0.1) is 0 Å². The molecule has 0 saturated heterocycles. The van der Waals surface area contributed by atoms with Crippen LogP contribution in [-0.4, -0.2) is 21.5 Å². The van der Waals surface area contributed by atoms with E-state index in [4.69, 9.17) is 10.8 Å². The van der Waals surface area contributed by atoms with Crippen molar-refractivity contribution >= 4 is 21.7 Å². The molecule has 1 aromatic rings. The highest BCUT2D eigenvalue weighted by atomic mass is 79.9. The molecule has 1 aromatic heterocycles. The Kier molecular flexibility index (Phi) is 2.29. The molecule has 10 heavy (non-hydrogen) atoms. The Morgan fingerprint density at radius 2 is 2.50 bits per heavy atom. The first-order valence-corrected chi connectivity index (χ1v) is 3.62. The van der Waals surface area contributed by atoms with Gasteiger partial charge in [0.2, 0.25) is 0 Å². The Hall–Kier alpha value is -0.550. The van der Waals surface area contributed by atoms with Crippen molar-refractivity contribution in [3.05, 3.63) is 10.7 Å². The lowest BCUT2D eigenvalue weighted by atomic mass is 10.6. The first kappa shape index (κ1) is 7.56. The molecule has 1 heterocycles. The third-order valence-electron chi connectivity index (χ3n) is 1.07. The van der Waals surface area contributed by atoms with E-state index in [9.17, 15) is 0 Å². The standard InChI is InChI=1S/C5H8BrN3O/c6-4-3-9(1-2-10)8-5(4)7/h3,10H,1-2H2,(H2,7,8). The Balaban J connectivity index is 2.77. The summed E-state index contributed by atoms with van der Waals surface area (Å²) in [6.45, 7) is 0.559. The van der Waals surface area contributed by atoms with Crippen molar-refractivity contribution in [1.82, 2.24) is 9.78 Å². The van der Waals surface area contributed by atoms with E-state index >= 15 is 0 Å². The normalized spacial score (nSPS) is 10.2. The second-order valence-corrected chi connectivity index (χ2v) is 2.70. The number of nitrogens with zero attached hydrogens (tertiary/aromatic N) is 2. The van der Waals surface area contributed by atoms with Crippen LogP contribution < -0.4 is 5.73 Å². The largest absolute Gasteiger partial charge is 0.394 e. The van der Waals surface area contributed by atoms with Crippen LogP contribution >= 0.6 is 15.9 Å². The van der Waals surface area contributed by atoms with E-state index in [-0.39, 0.29) is 6.61 Å². The van der Waals surface area contributed by atoms with Gasteiger partial charge in [-0.3, -0.25) is 4.68 Å². The summed E-state index contributed by atoms with van der Waals surface area (Å²) in [5.41, 5.74) is 5.41. The lowest BCUT2D eigenvalue weighted by molar-refractivity contribution is 0.269. The van der Waals surface area contributed by atoms with Gasteiger partial charge < -0.3 is 10.8 Å². The number of hydrogen-bond acceptors (Lipinski definition) is 3. The number of anilines is 1. The number of aliphatic hydroxyl groups is 1. The fourth-order valence-electron chi connectivity index (χ4n) is 0.629. The van der Waals surface area contributed by atoms with Crippen LogP contribution in [0.2, 0.25) is 0 Å². The van der Waals surface area contributed by atoms with Gasteiger partial charge in [-0.05, 0) is 15.9 Å². The van der Waals surface area contributed by atoms with Crippen LogP contribution in [-0.2, 0) is 6.54 Å². The Bertz CT molecular complexity index is 203. The van der Waals surface area contributed by atoms with Gasteiger partial charge in [0.05, 0.1) is 17.6 Å². The van der Waals surface area contributed by atoms with E-state index in [0.717, 1.165) is 4.47 Å². The molecule has 0 unspecified atom stereocenters. The van der Waals surface area contributed by atoms with Crippen LogP contribution in [0.3, 0.4) is 0 Å². The smallest absolute Gasteiger partial charge is 0.159 e. The minimum atomic E-state index is 0.0769. The maximum absolute atomic E-state index is 8.50. The zero-order valence-electron chi connectivity index (χ0n) is 5.29. The fraction of sp³-hybridized carbons (Fsp3) is 0.400. The van der Waals surface area contributed by atoms with Crippen LogP contribution in [0.15, 0.2) is 10.7 Å². The summed E-state index contributed by atoms with van der Waals surface area (Å²) in [6, 6.07) is 0. The monoisotopic (exact) mass is 205 g/mol. The van der Waals surface area contributed by atoms with E-state index in [1.54, 1.807) is 10.9 Å². The Morgan fingerprint density at radius 1 is 1.80 bits per heavy atom. The quantitative estimate of drug-likeness (QED) is 0.727. The molecule has 0 aromatic carbocycles. The molecule has 0 atom stereocenters. The molecule has 5 heteroatoms. The van der Waals surface area contributed by atoms with E-state index in [1.807, 2.05) is 0 Å². The number of nitrogens with two attached hydrogens (primary N) is 1. The highest BCUT2D eigenvalue weighted by molar-refractivity contribution is 9.10. The van der Waals surface area contributed by atoms with Crippen molar-refractivity contribution in [2.24, 2.45) is 0 Å². The van der Waals surface area contributed by atoms with E-state index in [0.29, 0.717) is 12.4 Å². The molecule has 0 radical (unpaired) electrons. The molecule has 0 saturated carbocycles. The predicted octanol–water partition coefficient (Wildman–Crippen LogP) is 0.220. The van der Waals surface area contributed by atoms with Crippen LogP contribution in [0.4, 0.5) is 5.82 Å². The van der Waals surface area contributed by atoms with Crippen molar-refractivity contribution < 1.29 is 5.11 Å². The predicted molar refractivity (Wildman–Crippen MR) is 41.4 cm³/mol. The SMILES string of the molecule is Nc1nn(CCO)cc1Br. The van der Waals surface area contributed by atoms with E-state index in [2.05, 4.69) is 21.0 Å². The number of nitrogen functional groups attached to an aromatic ring is 1. The van der Waals surface area contributed by atoms with Crippen molar-refractivity contribution in [3.63, 3.8) is 0 Å². The summed E-state index contributed by atoms with van der Waals surface area (Å²) >= 11 is 3.20. The Labute approximate surface area is 66.8 Å². The molecule has 4 nitrogen and oxygen atoms in total. The third-order valence-corrected chi connectivity index (χ3v) is 1.68. The number of aliphatic hydroxyl groups excluding tert-OH is 1. The van der Waals surface area contributed by atoms with Gasteiger partial charge in [0.15, 0.2) is 5.82 Å². The maximum atomic E-state index is 8.50. The highest BCUT2D eigenvalue weighted by Crippen LogP contribution is 2.15.